The van der Waals surface area contributed by atoms with Crippen molar-refractivity contribution in [3.63, 3.8) is 0 Å². The molecule has 0 radical (unpaired) electrons. The van der Waals surface area contributed by atoms with E-state index in [2.05, 4.69) is 9.97 Å². The lowest BCUT2D eigenvalue weighted by Gasteiger charge is -2.28. The van der Waals surface area contributed by atoms with Crippen LogP contribution in [0, 0.1) is 0 Å². The molecule has 0 bridgehead atoms. The van der Waals surface area contributed by atoms with Crippen molar-refractivity contribution in [2.45, 2.75) is 0 Å². The van der Waals surface area contributed by atoms with Crippen LogP contribution in [-0.4, -0.2) is 62.0 Å². The van der Waals surface area contributed by atoms with Crippen molar-refractivity contribution in [3.05, 3.63) is 24.0 Å². The smallest absolute Gasteiger partial charge is 0.341 e. The Labute approximate surface area is 138 Å². The van der Waals surface area contributed by atoms with E-state index in [1.54, 1.807) is 0 Å². The van der Waals surface area contributed by atoms with E-state index in [0.29, 0.717) is 37.6 Å². The molecule has 2 aromatic rings. The Kier molecular flexibility index (Phi) is 4.24. The molecule has 1 N–H and O–H groups in total. The molecule has 10 heteroatoms. The molecule has 0 amide bonds. The molecule has 1 aliphatic heterocycles. The summed E-state index contributed by atoms with van der Waals surface area (Å²) in [6.07, 6.45) is 3.40. The van der Waals surface area contributed by atoms with Crippen LogP contribution in [0.5, 0.6) is 5.75 Å². The van der Waals surface area contributed by atoms with E-state index in [4.69, 9.17) is 8.92 Å². The first-order valence-corrected chi connectivity index (χ1v) is 8.91. The molecule has 3 heterocycles. The molecular formula is C14H15N3O6S. The van der Waals surface area contributed by atoms with Gasteiger partial charge in [0.05, 0.1) is 24.9 Å². The van der Waals surface area contributed by atoms with Gasteiger partial charge in [0.2, 0.25) is 0 Å². The van der Waals surface area contributed by atoms with Gasteiger partial charge in [0.15, 0.2) is 11.6 Å². The lowest BCUT2D eigenvalue weighted by molar-refractivity contribution is 0.0695. The molecule has 1 saturated heterocycles. The second-order valence-corrected chi connectivity index (χ2v) is 6.80. The van der Waals surface area contributed by atoms with Crippen molar-refractivity contribution in [3.8, 4) is 5.75 Å². The number of morpholine rings is 1. The van der Waals surface area contributed by atoms with Crippen molar-refractivity contribution in [1.29, 1.82) is 0 Å². The van der Waals surface area contributed by atoms with E-state index in [9.17, 15) is 18.3 Å². The van der Waals surface area contributed by atoms with Gasteiger partial charge in [-0.15, -0.1) is 0 Å². The number of fused-ring (bicyclic) bond motifs is 1. The minimum Gasteiger partial charge on any atom is -0.477 e. The van der Waals surface area contributed by atoms with Gasteiger partial charge in [0.25, 0.3) is 0 Å². The average molecular weight is 353 g/mol. The predicted octanol–water partition coefficient (Wildman–Crippen LogP) is 0.503. The molecule has 2 aromatic heterocycles. The van der Waals surface area contributed by atoms with Crippen molar-refractivity contribution < 1.29 is 27.2 Å². The van der Waals surface area contributed by atoms with E-state index in [-0.39, 0.29) is 16.7 Å². The fourth-order valence-electron chi connectivity index (χ4n) is 2.49. The summed E-state index contributed by atoms with van der Waals surface area (Å²) < 4.78 is 33.3. The zero-order valence-electron chi connectivity index (χ0n) is 12.8. The van der Waals surface area contributed by atoms with Gasteiger partial charge in [0, 0.05) is 25.5 Å². The van der Waals surface area contributed by atoms with Crippen LogP contribution in [0.4, 0.5) is 5.82 Å². The van der Waals surface area contributed by atoms with E-state index in [1.165, 1.54) is 12.3 Å². The third-order valence-corrected chi connectivity index (χ3v) is 3.96. The second-order valence-electron chi connectivity index (χ2n) is 5.22. The zero-order valence-corrected chi connectivity index (χ0v) is 13.6. The Bertz CT molecular complexity index is 893. The maximum absolute atomic E-state index is 11.5. The molecule has 0 spiro atoms. The summed E-state index contributed by atoms with van der Waals surface area (Å²) in [5, 5.41) is 9.56. The van der Waals surface area contributed by atoms with E-state index in [1.807, 2.05) is 4.90 Å². The summed E-state index contributed by atoms with van der Waals surface area (Å²) >= 11 is 0. The first-order valence-electron chi connectivity index (χ1n) is 7.10. The van der Waals surface area contributed by atoms with Crippen LogP contribution in [0.15, 0.2) is 18.5 Å². The number of rotatable bonds is 4. The summed E-state index contributed by atoms with van der Waals surface area (Å²) in [6, 6.07) is 1.49. The minimum absolute atomic E-state index is 0.257. The topological polar surface area (TPSA) is 119 Å². The van der Waals surface area contributed by atoms with E-state index in [0.717, 1.165) is 12.5 Å². The second kappa shape index (κ2) is 6.21. The summed E-state index contributed by atoms with van der Waals surface area (Å²) in [4.78, 5) is 21.8. The number of aromatic nitrogens is 2. The molecule has 0 atom stereocenters. The number of anilines is 1. The zero-order chi connectivity index (χ0) is 17.3. The van der Waals surface area contributed by atoms with Crippen molar-refractivity contribution in [2.75, 3.05) is 37.5 Å². The summed E-state index contributed by atoms with van der Waals surface area (Å²) in [7, 11) is -3.91. The van der Waals surface area contributed by atoms with E-state index < -0.39 is 16.1 Å². The highest BCUT2D eigenvalue weighted by molar-refractivity contribution is 7.86. The maximum atomic E-state index is 11.5. The van der Waals surface area contributed by atoms with Gasteiger partial charge in [-0.1, -0.05) is 0 Å². The molecule has 0 saturated carbocycles. The number of hydrogen-bond acceptors (Lipinski definition) is 8. The maximum Gasteiger partial charge on any atom is 0.341 e. The third kappa shape index (κ3) is 3.24. The Morgan fingerprint density at radius 3 is 2.67 bits per heavy atom. The van der Waals surface area contributed by atoms with Crippen LogP contribution in [0.2, 0.25) is 0 Å². The quantitative estimate of drug-likeness (QED) is 0.784. The lowest BCUT2D eigenvalue weighted by Crippen LogP contribution is -2.37. The van der Waals surface area contributed by atoms with Gasteiger partial charge in [0.1, 0.15) is 11.1 Å². The molecule has 0 unspecified atom stereocenters. The average Bonchev–Trinajstić information content (AvgIpc) is 2.54. The third-order valence-electron chi connectivity index (χ3n) is 3.49. The Morgan fingerprint density at radius 2 is 2.04 bits per heavy atom. The highest BCUT2D eigenvalue weighted by Crippen LogP contribution is 2.33. The minimum atomic E-state index is -3.91. The number of nitrogens with zero attached hydrogens (tertiary/aromatic N) is 3. The first-order chi connectivity index (χ1) is 11.4. The van der Waals surface area contributed by atoms with Gasteiger partial charge < -0.3 is 18.9 Å². The first kappa shape index (κ1) is 16.4. The Morgan fingerprint density at radius 1 is 1.33 bits per heavy atom. The van der Waals surface area contributed by atoms with Crippen LogP contribution in [0.25, 0.3) is 10.9 Å². The number of carboxylic acids is 1. The Balaban J connectivity index is 2.21. The number of pyridine rings is 2. The fraction of sp³-hybridized carbons (Fsp3) is 0.357. The SMILES string of the molecule is CS(=O)(=O)Oc1c(C(=O)O)cnc2c(N3CCOCC3)nccc12. The fourth-order valence-corrected chi connectivity index (χ4v) is 2.97. The molecular weight excluding hydrogens is 338 g/mol. The Hall–Kier alpha value is -2.46. The van der Waals surface area contributed by atoms with Gasteiger partial charge >= 0.3 is 16.1 Å². The number of hydrogen-bond donors (Lipinski definition) is 1. The molecule has 3 rings (SSSR count). The molecule has 9 nitrogen and oxygen atoms in total. The van der Waals surface area contributed by atoms with Crippen LogP contribution in [-0.2, 0) is 14.9 Å². The number of carbonyl (C=O) groups is 1. The lowest BCUT2D eigenvalue weighted by atomic mass is 10.1. The van der Waals surface area contributed by atoms with Crippen molar-refractivity contribution >= 4 is 32.8 Å². The van der Waals surface area contributed by atoms with Gasteiger partial charge in [-0.3, -0.25) is 4.98 Å². The van der Waals surface area contributed by atoms with Crippen molar-refractivity contribution in [2.24, 2.45) is 0 Å². The molecule has 1 fully saturated rings. The summed E-state index contributed by atoms with van der Waals surface area (Å²) in [5.41, 5.74) is 0.0510. The van der Waals surface area contributed by atoms with Crippen molar-refractivity contribution in [1.82, 2.24) is 9.97 Å². The largest absolute Gasteiger partial charge is 0.477 e. The van der Waals surface area contributed by atoms with Crippen LogP contribution < -0.4 is 9.08 Å². The highest BCUT2D eigenvalue weighted by atomic mass is 32.2. The molecule has 128 valence electrons. The molecule has 24 heavy (non-hydrogen) atoms. The predicted molar refractivity (Wildman–Crippen MR) is 85.0 cm³/mol. The molecule has 0 aliphatic carbocycles. The van der Waals surface area contributed by atoms with Gasteiger partial charge in [-0.25, -0.2) is 9.78 Å². The summed E-state index contributed by atoms with van der Waals surface area (Å²) in [6.45, 7) is 2.30. The normalized spacial score (nSPS) is 15.5. The number of carboxylic acid groups (broad SMARTS) is 1. The highest BCUT2D eigenvalue weighted by Gasteiger charge is 2.23. The molecule has 1 aliphatic rings. The number of aromatic carboxylic acids is 1. The van der Waals surface area contributed by atoms with Crippen LogP contribution >= 0.6 is 0 Å². The summed E-state index contributed by atoms with van der Waals surface area (Å²) in [5.74, 6) is -1.05. The standard InChI is InChI=1S/C14H15N3O6S/c1-24(20,21)23-12-9-2-3-15-13(17-4-6-22-7-5-17)11(9)16-8-10(12)14(18)19/h2-3,8H,4-7H2,1H3,(H,18,19). The van der Waals surface area contributed by atoms with Gasteiger partial charge in [-0.2, -0.15) is 8.42 Å². The van der Waals surface area contributed by atoms with E-state index >= 15 is 0 Å². The van der Waals surface area contributed by atoms with Crippen LogP contribution in [0.1, 0.15) is 10.4 Å². The number of ether oxygens (including phenoxy) is 1. The van der Waals surface area contributed by atoms with Crippen LogP contribution in [0.3, 0.4) is 0 Å². The van der Waals surface area contributed by atoms with Gasteiger partial charge in [-0.05, 0) is 6.07 Å². The molecule has 0 aromatic carbocycles. The monoisotopic (exact) mass is 353 g/mol.